The summed E-state index contributed by atoms with van der Waals surface area (Å²) in [5, 5.41) is 15.7. The van der Waals surface area contributed by atoms with E-state index in [1.807, 2.05) is 18.2 Å². The predicted octanol–water partition coefficient (Wildman–Crippen LogP) is 5.82. The number of nitrogens with one attached hydrogen (secondary N) is 2. The van der Waals surface area contributed by atoms with Gasteiger partial charge in [-0.05, 0) is 61.0 Å². The first-order valence-electron chi connectivity index (χ1n) is 12.7. The number of aliphatic hydroxyl groups is 1. The molecule has 0 spiro atoms. The molecular weight excluding hydrogens is 566 g/mol. The summed E-state index contributed by atoms with van der Waals surface area (Å²) in [5.74, 6) is -1.36. The van der Waals surface area contributed by atoms with Crippen LogP contribution in [0.4, 0.5) is 14.5 Å². The maximum Gasteiger partial charge on any atom is 0.261 e. The second-order valence-corrected chi connectivity index (χ2v) is 11.8. The number of halogens is 2. The summed E-state index contributed by atoms with van der Waals surface area (Å²) in [6.45, 7) is 1.05. The van der Waals surface area contributed by atoms with Gasteiger partial charge in [0.25, 0.3) is 10.0 Å². The molecule has 5 aromatic rings. The molecule has 2 heterocycles. The third kappa shape index (κ3) is 7.19. The first-order valence-corrected chi connectivity index (χ1v) is 15.1. The van der Waals surface area contributed by atoms with Gasteiger partial charge in [0.05, 0.1) is 16.7 Å². The number of hydrogen-bond acceptors (Lipinski definition) is 7. The molecule has 1 atom stereocenters. The van der Waals surface area contributed by atoms with E-state index in [1.54, 1.807) is 48.1 Å². The minimum absolute atomic E-state index is 0.0862. The summed E-state index contributed by atoms with van der Waals surface area (Å²) in [6.07, 6.45) is 3.36. The molecule has 11 heteroatoms. The van der Waals surface area contributed by atoms with E-state index in [2.05, 4.69) is 20.0 Å². The van der Waals surface area contributed by atoms with Crippen LogP contribution in [0.1, 0.15) is 17.2 Å². The summed E-state index contributed by atoms with van der Waals surface area (Å²) in [6, 6.07) is 20.3. The van der Waals surface area contributed by atoms with Gasteiger partial charge in [-0.15, -0.1) is 11.3 Å². The van der Waals surface area contributed by atoms with E-state index in [0.29, 0.717) is 41.5 Å². The van der Waals surface area contributed by atoms with Crippen LogP contribution >= 0.6 is 11.3 Å². The number of nitrogens with zero attached hydrogens (tertiary/aromatic N) is 2. The van der Waals surface area contributed by atoms with Crippen molar-refractivity contribution in [3.8, 4) is 21.8 Å². The maximum absolute atomic E-state index is 14.1. The molecule has 3 N–H and O–H groups in total. The van der Waals surface area contributed by atoms with Crippen molar-refractivity contribution in [3.05, 3.63) is 119 Å². The minimum atomic E-state index is -3.83. The fraction of sp³-hybridized carbons (Fsp3) is 0.133. The maximum atomic E-state index is 14.1. The summed E-state index contributed by atoms with van der Waals surface area (Å²) >= 11 is 1.28. The minimum Gasteiger partial charge on any atom is -0.387 e. The Balaban J connectivity index is 1.15. The number of hydrogen-bond donors (Lipinski definition) is 3. The lowest BCUT2D eigenvalue weighted by Crippen LogP contribution is -2.23. The lowest BCUT2D eigenvalue weighted by atomic mass is 10.1. The Morgan fingerprint density at radius 3 is 2.46 bits per heavy atom. The third-order valence-electron chi connectivity index (χ3n) is 6.33. The summed E-state index contributed by atoms with van der Waals surface area (Å²) in [4.78, 5) is 8.52. The number of benzene rings is 3. The van der Waals surface area contributed by atoms with Crippen molar-refractivity contribution in [1.29, 1.82) is 0 Å². The van der Waals surface area contributed by atoms with Crippen molar-refractivity contribution >= 4 is 27.0 Å². The largest absolute Gasteiger partial charge is 0.387 e. The van der Waals surface area contributed by atoms with E-state index in [9.17, 15) is 22.3 Å². The quantitative estimate of drug-likeness (QED) is 0.167. The van der Waals surface area contributed by atoms with Crippen LogP contribution in [0.2, 0.25) is 0 Å². The Labute approximate surface area is 240 Å². The van der Waals surface area contributed by atoms with Gasteiger partial charge in [0.2, 0.25) is 0 Å². The molecule has 0 aliphatic heterocycles. The van der Waals surface area contributed by atoms with Gasteiger partial charge in [0, 0.05) is 52.8 Å². The van der Waals surface area contributed by atoms with Gasteiger partial charge in [0.1, 0.15) is 16.6 Å². The molecule has 7 nitrogen and oxygen atoms in total. The number of aromatic nitrogens is 2. The summed E-state index contributed by atoms with van der Waals surface area (Å²) < 4.78 is 55.8. The highest BCUT2D eigenvalue weighted by molar-refractivity contribution is 7.92. The smallest absolute Gasteiger partial charge is 0.261 e. The highest BCUT2D eigenvalue weighted by Crippen LogP contribution is 2.31. The zero-order chi connectivity index (χ0) is 28.8. The van der Waals surface area contributed by atoms with Gasteiger partial charge >= 0.3 is 0 Å². The molecule has 5 rings (SSSR count). The van der Waals surface area contributed by atoms with Crippen LogP contribution in [0, 0.1) is 11.6 Å². The van der Waals surface area contributed by atoms with Crippen LogP contribution in [-0.2, 0) is 16.4 Å². The number of sulfonamides is 1. The monoisotopic (exact) mass is 592 g/mol. The Bertz CT molecular complexity index is 1710. The van der Waals surface area contributed by atoms with E-state index in [1.165, 1.54) is 35.6 Å². The Morgan fingerprint density at radius 2 is 1.76 bits per heavy atom. The number of anilines is 1. The van der Waals surface area contributed by atoms with Crippen molar-refractivity contribution < 1.29 is 22.3 Å². The zero-order valence-corrected chi connectivity index (χ0v) is 23.3. The zero-order valence-electron chi connectivity index (χ0n) is 21.7. The van der Waals surface area contributed by atoms with Crippen molar-refractivity contribution in [2.24, 2.45) is 0 Å². The molecule has 0 aliphatic rings. The molecule has 0 radical (unpaired) electrons. The van der Waals surface area contributed by atoms with Gasteiger partial charge in [-0.2, -0.15) is 0 Å². The fourth-order valence-corrected chi connectivity index (χ4v) is 6.00. The average Bonchev–Trinajstić information content (AvgIpc) is 3.46. The van der Waals surface area contributed by atoms with Crippen LogP contribution in [0.15, 0.2) is 102 Å². The van der Waals surface area contributed by atoms with Gasteiger partial charge in [-0.3, -0.25) is 9.71 Å². The van der Waals surface area contributed by atoms with Crippen LogP contribution in [0.3, 0.4) is 0 Å². The molecule has 0 bridgehead atoms. The average molecular weight is 593 g/mol. The number of aliphatic hydroxyl groups excluding tert-OH is 1. The Morgan fingerprint density at radius 1 is 0.976 bits per heavy atom. The van der Waals surface area contributed by atoms with Gasteiger partial charge < -0.3 is 10.4 Å². The van der Waals surface area contributed by atoms with Crippen LogP contribution in [0.5, 0.6) is 0 Å². The first-order chi connectivity index (χ1) is 19.8. The molecule has 0 saturated heterocycles. The predicted molar refractivity (Wildman–Crippen MR) is 156 cm³/mol. The van der Waals surface area contributed by atoms with Crippen molar-refractivity contribution in [3.63, 3.8) is 0 Å². The molecule has 0 aliphatic carbocycles. The molecular formula is C30H26F2N4O3S2. The molecule has 3 aromatic carbocycles. The SMILES string of the molecule is O=S(=O)(Nc1ccc(CCNCC(O)c2cccnc2)cc1)c1ccc(-c2nc(-c3ccc(F)cc3F)cs2)cc1. The number of pyridine rings is 1. The summed E-state index contributed by atoms with van der Waals surface area (Å²) in [7, 11) is -3.83. The second kappa shape index (κ2) is 12.6. The molecule has 0 fully saturated rings. The highest BCUT2D eigenvalue weighted by Gasteiger charge is 2.16. The van der Waals surface area contributed by atoms with Gasteiger partial charge in [0.15, 0.2) is 0 Å². The molecule has 41 heavy (non-hydrogen) atoms. The topological polar surface area (TPSA) is 104 Å². The number of rotatable bonds is 11. The first kappa shape index (κ1) is 28.5. The number of thiazole rings is 1. The normalized spacial score (nSPS) is 12.3. The lowest BCUT2D eigenvalue weighted by Gasteiger charge is -2.12. The van der Waals surface area contributed by atoms with Crippen molar-refractivity contribution in [1.82, 2.24) is 15.3 Å². The standard InChI is InChI=1S/C30H26F2N4O3S2/c31-23-7-12-26(27(32)16-23)28-19-40-30(35-28)21-5-10-25(11-6-21)41(38,39)36-24-8-3-20(4-9-24)13-15-34-18-29(37)22-2-1-14-33-17-22/h1-12,14,16-17,19,29,34,36-37H,13,15,18H2. The fourth-order valence-electron chi connectivity index (χ4n) is 4.12. The Kier molecular flexibility index (Phi) is 8.79. The molecule has 2 aromatic heterocycles. The van der Waals surface area contributed by atoms with Crippen LogP contribution in [0.25, 0.3) is 21.8 Å². The van der Waals surface area contributed by atoms with Crippen LogP contribution in [-0.4, -0.2) is 36.6 Å². The van der Waals surface area contributed by atoms with E-state index in [0.717, 1.165) is 17.2 Å². The van der Waals surface area contributed by atoms with E-state index in [4.69, 9.17) is 0 Å². The van der Waals surface area contributed by atoms with E-state index >= 15 is 0 Å². The molecule has 0 saturated carbocycles. The van der Waals surface area contributed by atoms with Crippen molar-refractivity contribution in [2.45, 2.75) is 17.4 Å². The lowest BCUT2D eigenvalue weighted by molar-refractivity contribution is 0.174. The van der Waals surface area contributed by atoms with Gasteiger partial charge in [-0.1, -0.05) is 30.3 Å². The van der Waals surface area contributed by atoms with Crippen molar-refractivity contribution in [2.75, 3.05) is 17.8 Å². The van der Waals surface area contributed by atoms with E-state index in [-0.39, 0.29) is 10.5 Å². The highest BCUT2D eigenvalue weighted by atomic mass is 32.2. The van der Waals surface area contributed by atoms with E-state index < -0.39 is 27.8 Å². The summed E-state index contributed by atoms with van der Waals surface area (Å²) in [5.41, 5.74) is 3.45. The molecule has 1 unspecified atom stereocenters. The second-order valence-electron chi connectivity index (χ2n) is 9.25. The third-order valence-corrected chi connectivity index (χ3v) is 8.61. The van der Waals surface area contributed by atoms with Crippen LogP contribution < -0.4 is 10.0 Å². The molecule has 0 amide bonds. The van der Waals surface area contributed by atoms with Gasteiger partial charge in [-0.25, -0.2) is 22.2 Å². The Hall–Kier alpha value is -4.03. The molecule has 210 valence electrons.